The number of para-hydroxylation sites is 1. The van der Waals surface area contributed by atoms with Crippen LogP contribution in [-0.2, 0) is 6.54 Å². The van der Waals surface area contributed by atoms with Crippen molar-refractivity contribution in [1.29, 1.82) is 0 Å². The molecule has 0 aliphatic rings. The predicted molar refractivity (Wildman–Crippen MR) is 125 cm³/mol. The van der Waals surface area contributed by atoms with E-state index in [0.29, 0.717) is 24.6 Å². The van der Waals surface area contributed by atoms with Gasteiger partial charge in [0.15, 0.2) is 5.96 Å². The topological polar surface area (TPSA) is 66.0 Å². The number of guanidine groups is 1. The summed E-state index contributed by atoms with van der Waals surface area (Å²) in [6, 6.07) is 17.3. The monoisotopic (exact) mass is 496 g/mol. The number of carbonyl (C=O) groups is 1. The number of amides is 1. The lowest BCUT2D eigenvalue weighted by Gasteiger charge is -2.18. The highest BCUT2D eigenvalue weighted by Crippen LogP contribution is 2.10. The Kier molecular flexibility index (Phi) is 10.4. The lowest BCUT2D eigenvalue weighted by atomic mass is 10.1. The Morgan fingerprint density at radius 1 is 1.07 bits per heavy atom. The van der Waals surface area contributed by atoms with E-state index in [0.717, 1.165) is 11.3 Å². The van der Waals surface area contributed by atoms with E-state index in [9.17, 15) is 4.79 Å². The van der Waals surface area contributed by atoms with Gasteiger partial charge in [0.25, 0.3) is 5.91 Å². The summed E-state index contributed by atoms with van der Waals surface area (Å²) in [5.41, 5.74) is 1.75. The molecule has 0 heterocycles. The number of hydrogen-bond donors (Lipinski definition) is 2. The van der Waals surface area contributed by atoms with Crippen LogP contribution in [0, 0.1) is 0 Å². The third kappa shape index (κ3) is 7.75. The standard InChI is InChI=1S/C21H28N4O2.HI/c1-16(27-19-8-6-5-7-9-19)14-23-21(22-2)24-15-17-10-12-18(13-11-17)20(26)25(3)4;/h5-13,16H,14-15H2,1-4H3,(H2,22,23,24);1H. The van der Waals surface area contributed by atoms with Crippen molar-refractivity contribution in [2.75, 3.05) is 27.7 Å². The van der Waals surface area contributed by atoms with E-state index in [1.54, 1.807) is 26.0 Å². The van der Waals surface area contributed by atoms with Crippen LogP contribution >= 0.6 is 24.0 Å². The molecule has 2 aromatic carbocycles. The number of aliphatic imine (C=N–C) groups is 1. The fraction of sp³-hybridized carbons (Fsp3) is 0.333. The summed E-state index contributed by atoms with van der Waals surface area (Å²) in [6.45, 7) is 3.25. The van der Waals surface area contributed by atoms with Crippen molar-refractivity contribution in [3.63, 3.8) is 0 Å². The van der Waals surface area contributed by atoms with E-state index in [4.69, 9.17) is 4.74 Å². The van der Waals surface area contributed by atoms with E-state index >= 15 is 0 Å². The highest BCUT2D eigenvalue weighted by molar-refractivity contribution is 14.0. The van der Waals surface area contributed by atoms with E-state index in [1.807, 2.05) is 61.5 Å². The SMILES string of the molecule is CN=C(NCc1ccc(C(=O)N(C)C)cc1)NCC(C)Oc1ccccc1.I. The number of rotatable bonds is 7. The fourth-order valence-electron chi connectivity index (χ4n) is 2.44. The van der Waals surface area contributed by atoms with Crippen LogP contribution in [0.5, 0.6) is 5.75 Å². The Bertz CT molecular complexity index is 749. The van der Waals surface area contributed by atoms with Crippen LogP contribution in [-0.4, -0.2) is 50.6 Å². The summed E-state index contributed by atoms with van der Waals surface area (Å²) >= 11 is 0. The average Bonchev–Trinajstić information content (AvgIpc) is 2.68. The molecule has 152 valence electrons. The van der Waals surface area contributed by atoms with Crippen molar-refractivity contribution >= 4 is 35.8 Å². The van der Waals surface area contributed by atoms with Gasteiger partial charge in [0, 0.05) is 33.3 Å². The van der Waals surface area contributed by atoms with Crippen LogP contribution in [0.25, 0.3) is 0 Å². The molecule has 0 saturated heterocycles. The van der Waals surface area contributed by atoms with E-state index in [-0.39, 0.29) is 36.0 Å². The first-order valence-corrected chi connectivity index (χ1v) is 8.96. The molecule has 1 amide bonds. The second-order valence-corrected chi connectivity index (χ2v) is 6.44. The van der Waals surface area contributed by atoms with Crippen LogP contribution in [0.3, 0.4) is 0 Å². The quantitative estimate of drug-likeness (QED) is 0.351. The normalized spacial score (nSPS) is 11.8. The summed E-state index contributed by atoms with van der Waals surface area (Å²) in [6.07, 6.45) is 0.00211. The minimum absolute atomic E-state index is 0. The van der Waals surface area contributed by atoms with Crippen LogP contribution in [0.2, 0.25) is 0 Å². The smallest absolute Gasteiger partial charge is 0.253 e. The molecule has 7 heteroatoms. The molecule has 2 rings (SSSR count). The summed E-state index contributed by atoms with van der Waals surface area (Å²) in [5, 5.41) is 6.52. The van der Waals surface area contributed by atoms with Crippen molar-refractivity contribution in [1.82, 2.24) is 15.5 Å². The van der Waals surface area contributed by atoms with E-state index < -0.39 is 0 Å². The Morgan fingerprint density at radius 3 is 2.29 bits per heavy atom. The van der Waals surface area contributed by atoms with Crippen molar-refractivity contribution in [3.8, 4) is 5.75 Å². The zero-order valence-corrected chi connectivity index (χ0v) is 19.1. The minimum atomic E-state index is -0.000566. The molecular weight excluding hydrogens is 467 g/mol. The number of nitrogens with one attached hydrogen (secondary N) is 2. The second kappa shape index (κ2) is 12.2. The van der Waals surface area contributed by atoms with Gasteiger partial charge in [-0.15, -0.1) is 24.0 Å². The molecule has 0 saturated carbocycles. The minimum Gasteiger partial charge on any atom is -0.489 e. The number of benzene rings is 2. The maximum Gasteiger partial charge on any atom is 0.253 e. The van der Waals surface area contributed by atoms with Crippen molar-refractivity contribution in [2.24, 2.45) is 4.99 Å². The molecule has 1 unspecified atom stereocenters. The molecule has 28 heavy (non-hydrogen) atoms. The maximum absolute atomic E-state index is 11.9. The van der Waals surface area contributed by atoms with Gasteiger partial charge in [0.05, 0.1) is 6.54 Å². The lowest BCUT2D eigenvalue weighted by molar-refractivity contribution is 0.0827. The molecule has 0 bridgehead atoms. The first kappa shape index (κ1) is 23.7. The largest absolute Gasteiger partial charge is 0.489 e. The molecule has 0 aliphatic heterocycles. The molecule has 1 atom stereocenters. The number of halogens is 1. The molecule has 0 aromatic heterocycles. The number of carbonyl (C=O) groups excluding carboxylic acids is 1. The number of nitrogens with zero attached hydrogens (tertiary/aromatic N) is 2. The average molecular weight is 496 g/mol. The predicted octanol–water partition coefficient (Wildman–Crippen LogP) is 3.14. The van der Waals surface area contributed by atoms with Crippen molar-refractivity contribution < 1.29 is 9.53 Å². The third-order valence-corrected chi connectivity index (χ3v) is 3.93. The second-order valence-electron chi connectivity index (χ2n) is 6.44. The molecule has 0 radical (unpaired) electrons. The van der Waals surface area contributed by atoms with E-state index in [2.05, 4.69) is 15.6 Å². The third-order valence-electron chi connectivity index (χ3n) is 3.93. The van der Waals surface area contributed by atoms with E-state index in [1.165, 1.54) is 0 Å². The molecule has 0 spiro atoms. The highest BCUT2D eigenvalue weighted by atomic mass is 127. The number of hydrogen-bond acceptors (Lipinski definition) is 3. The van der Waals surface area contributed by atoms with Crippen LogP contribution in [0.15, 0.2) is 59.6 Å². The zero-order valence-electron chi connectivity index (χ0n) is 16.8. The van der Waals surface area contributed by atoms with Crippen molar-refractivity contribution in [2.45, 2.75) is 19.6 Å². The Labute approximate surface area is 184 Å². The van der Waals surface area contributed by atoms with Gasteiger partial charge < -0.3 is 20.3 Å². The summed E-state index contributed by atoms with van der Waals surface area (Å²) < 4.78 is 5.85. The van der Waals surface area contributed by atoms with Crippen LogP contribution in [0.1, 0.15) is 22.8 Å². The molecular formula is C21H29IN4O2. The van der Waals surface area contributed by atoms with Crippen LogP contribution in [0.4, 0.5) is 0 Å². The fourth-order valence-corrected chi connectivity index (χ4v) is 2.44. The van der Waals surface area contributed by atoms with Gasteiger partial charge in [-0.3, -0.25) is 9.79 Å². The van der Waals surface area contributed by atoms with Gasteiger partial charge in [0.2, 0.25) is 0 Å². The summed E-state index contributed by atoms with van der Waals surface area (Å²) in [4.78, 5) is 17.7. The van der Waals surface area contributed by atoms with Crippen LogP contribution < -0.4 is 15.4 Å². The number of ether oxygens (including phenoxy) is 1. The van der Waals surface area contributed by atoms with Gasteiger partial charge in [-0.2, -0.15) is 0 Å². The molecule has 2 aromatic rings. The molecule has 2 N–H and O–H groups in total. The zero-order chi connectivity index (χ0) is 19.6. The van der Waals surface area contributed by atoms with Gasteiger partial charge in [0.1, 0.15) is 11.9 Å². The first-order chi connectivity index (χ1) is 13.0. The molecule has 0 fully saturated rings. The van der Waals surface area contributed by atoms with Crippen molar-refractivity contribution in [3.05, 3.63) is 65.7 Å². The molecule has 0 aliphatic carbocycles. The Balaban J connectivity index is 0.00000392. The molecule has 6 nitrogen and oxygen atoms in total. The lowest BCUT2D eigenvalue weighted by Crippen LogP contribution is -2.41. The maximum atomic E-state index is 11.9. The Hall–Kier alpha value is -2.29. The van der Waals surface area contributed by atoms with Gasteiger partial charge in [-0.25, -0.2) is 0 Å². The van der Waals surface area contributed by atoms with Gasteiger partial charge >= 0.3 is 0 Å². The first-order valence-electron chi connectivity index (χ1n) is 8.96. The highest BCUT2D eigenvalue weighted by Gasteiger charge is 2.08. The summed E-state index contributed by atoms with van der Waals surface area (Å²) in [5.74, 6) is 1.55. The summed E-state index contributed by atoms with van der Waals surface area (Å²) in [7, 11) is 5.23. The van der Waals surface area contributed by atoms with Gasteiger partial charge in [-0.1, -0.05) is 30.3 Å². The van der Waals surface area contributed by atoms with Gasteiger partial charge in [-0.05, 0) is 36.8 Å². The Morgan fingerprint density at radius 2 is 1.71 bits per heavy atom.